The standard InChI is InChI=1S/C25H23ClN4O3S/c26-17-5-6-20-19(13-17)27-22(34-20)16-8-11-29(12-9-16)21(31)14-30-23(32)25(28-24(30)33)10-7-15-3-1-2-4-18(15)25/h1-6,13,16H,7-12,14H2,(H,28,33). The minimum absolute atomic E-state index is 0.193. The van der Waals surface area contributed by atoms with Crippen LogP contribution in [0.5, 0.6) is 0 Å². The highest BCUT2D eigenvalue weighted by molar-refractivity contribution is 7.18. The second kappa shape index (κ2) is 8.06. The van der Waals surface area contributed by atoms with Crippen LogP contribution in [-0.2, 0) is 21.5 Å². The Morgan fingerprint density at radius 1 is 1.18 bits per heavy atom. The van der Waals surface area contributed by atoms with Crippen molar-refractivity contribution < 1.29 is 14.4 Å². The van der Waals surface area contributed by atoms with Crippen molar-refractivity contribution in [3.05, 3.63) is 63.6 Å². The molecule has 4 amide bonds. The van der Waals surface area contributed by atoms with Crippen LogP contribution in [-0.4, -0.2) is 52.3 Å². The van der Waals surface area contributed by atoms with Crippen LogP contribution in [0.2, 0.25) is 5.02 Å². The number of benzene rings is 2. The summed E-state index contributed by atoms with van der Waals surface area (Å²) in [5.74, 6) is -0.226. The SMILES string of the molecule is O=C(CN1C(=O)NC2(CCc3ccccc32)C1=O)N1CCC(c2nc3cc(Cl)ccc3s2)CC1. The van der Waals surface area contributed by atoms with Crippen LogP contribution < -0.4 is 5.32 Å². The number of rotatable bonds is 3. The van der Waals surface area contributed by atoms with E-state index < -0.39 is 11.6 Å². The number of carbonyl (C=O) groups is 3. The zero-order chi connectivity index (χ0) is 23.4. The number of thiazole rings is 1. The van der Waals surface area contributed by atoms with Crippen LogP contribution in [0.3, 0.4) is 0 Å². The average Bonchev–Trinajstić information content (AvgIpc) is 3.50. The summed E-state index contributed by atoms with van der Waals surface area (Å²) in [6.45, 7) is 0.939. The van der Waals surface area contributed by atoms with E-state index in [4.69, 9.17) is 16.6 Å². The number of aryl methyl sites for hydroxylation is 1. The Labute approximate surface area is 205 Å². The maximum Gasteiger partial charge on any atom is 0.325 e. The molecule has 2 fully saturated rings. The fourth-order valence-electron chi connectivity index (χ4n) is 5.44. The lowest BCUT2D eigenvalue weighted by molar-refractivity contribution is -0.139. The fraction of sp³-hybridized carbons (Fsp3) is 0.360. The molecule has 0 radical (unpaired) electrons. The second-order valence-electron chi connectivity index (χ2n) is 9.20. The van der Waals surface area contributed by atoms with Gasteiger partial charge in [0.2, 0.25) is 5.91 Å². The minimum atomic E-state index is -1.03. The Bertz CT molecular complexity index is 1330. The first-order chi connectivity index (χ1) is 16.4. The number of amides is 4. The van der Waals surface area contributed by atoms with Crippen LogP contribution in [0.25, 0.3) is 10.2 Å². The zero-order valence-corrected chi connectivity index (χ0v) is 20.0. The van der Waals surface area contributed by atoms with E-state index in [2.05, 4.69) is 5.32 Å². The van der Waals surface area contributed by atoms with Crippen LogP contribution in [0.4, 0.5) is 4.79 Å². The van der Waals surface area contributed by atoms with Gasteiger partial charge in [-0.15, -0.1) is 11.3 Å². The van der Waals surface area contributed by atoms with E-state index in [1.54, 1.807) is 16.2 Å². The first kappa shape index (κ1) is 21.6. The van der Waals surface area contributed by atoms with Gasteiger partial charge in [-0.05, 0) is 55.0 Å². The minimum Gasteiger partial charge on any atom is -0.341 e. The lowest BCUT2D eigenvalue weighted by atomic mass is 9.92. The molecule has 1 atom stereocenters. The van der Waals surface area contributed by atoms with Crippen LogP contribution in [0.15, 0.2) is 42.5 Å². The number of aromatic nitrogens is 1. The van der Waals surface area contributed by atoms with Gasteiger partial charge in [-0.3, -0.25) is 14.5 Å². The summed E-state index contributed by atoms with van der Waals surface area (Å²) in [5.41, 5.74) is 1.80. The molecule has 6 rings (SSSR count). The molecule has 1 aliphatic carbocycles. The smallest absolute Gasteiger partial charge is 0.325 e. The Balaban J connectivity index is 1.11. The summed E-state index contributed by atoms with van der Waals surface area (Å²) in [6.07, 6.45) is 2.86. The van der Waals surface area contributed by atoms with E-state index in [9.17, 15) is 14.4 Å². The van der Waals surface area contributed by atoms with E-state index in [1.165, 1.54) is 0 Å². The molecule has 9 heteroatoms. The third-order valence-corrected chi connectivity index (χ3v) is 8.71. The van der Waals surface area contributed by atoms with Gasteiger partial charge in [0.05, 0.1) is 15.2 Å². The number of hydrogen-bond donors (Lipinski definition) is 1. The first-order valence-corrected chi connectivity index (χ1v) is 12.7. The Hall–Kier alpha value is -2.97. The van der Waals surface area contributed by atoms with Gasteiger partial charge in [-0.1, -0.05) is 35.9 Å². The highest BCUT2D eigenvalue weighted by Gasteiger charge is 2.55. The number of imide groups is 1. The number of piperidine rings is 1. The number of halogens is 1. The van der Waals surface area contributed by atoms with Gasteiger partial charge in [0.25, 0.3) is 5.91 Å². The molecule has 2 aliphatic heterocycles. The number of likely N-dealkylation sites (tertiary alicyclic amines) is 1. The van der Waals surface area contributed by atoms with Gasteiger partial charge < -0.3 is 10.2 Å². The molecule has 3 aliphatic rings. The maximum absolute atomic E-state index is 13.3. The van der Waals surface area contributed by atoms with Crippen molar-refractivity contribution in [3.8, 4) is 0 Å². The van der Waals surface area contributed by atoms with Gasteiger partial charge in [0, 0.05) is 24.0 Å². The van der Waals surface area contributed by atoms with Gasteiger partial charge >= 0.3 is 6.03 Å². The largest absolute Gasteiger partial charge is 0.341 e. The molecule has 1 spiro atoms. The lowest BCUT2D eigenvalue weighted by Crippen LogP contribution is -2.46. The number of nitrogens with one attached hydrogen (secondary N) is 1. The van der Waals surface area contributed by atoms with Crippen molar-refractivity contribution >= 4 is 51.0 Å². The zero-order valence-electron chi connectivity index (χ0n) is 18.4. The number of hydrogen-bond acceptors (Lipinski definition) is 5. The predicted octanol–water partition coefficient (Wildman–Crippen LogP) is 4.05. The Morgan fingerprint density at radius 2 is 1.97 bits per heavy atom. The van der Waals surface area contributed by atoms with Crippen molar-refractivity contribution in [2.45, 2.75) is 37.1 Å². The van der Waals surface area contributed by atoms with E-state index in [-0.39, 0.29) is 24.3 Å². The molecule has 2 aromatic carbocycles. The Kier molecular flexibility index (Phi) is 5.11. The summed E-state index contributed by atoms with van der Waals surface area (Å²) in [5, 5.41) is 4.63. The summed E-state index contributed by atoms with van der Waals surface area (Å²) in [4.78, 5) is 46.7. The summed E-state index contributed by atoms with van der Waals surface area (Å²) >= 11 is 7.76. The molecular weight excluding hydrogens is 472 g/mol. The second-order valence-corrected chi connectivity index (χ2v) is 10.7. The maximum atomic E-state index is 13.3. The van der Waals surface area contributed by atoms with Crippen LogP contribution >= 0.6 is 22.9 Å². The number of urea groups is 1. The van der Waals surface area contributed by atoms with Gasteiger partial charge in [-0.25, -0.2) is 9.78 Å². The fourth-order valence-corrected chi connectivity index (χ4v) is 6.72. The van der Waals surface area contributed by atoms with Gasteiger partial charge in [-0.2, -0.15) is 0 Å². The molecule has 2 saturated heterocycles. The van der Waals surface area contributed by atoms with Crippen molar-refractivity contribution in [2.24, 2.45) is 0 Å². The van der Waals surface area contributed by atoms with Crippen molar-refractivity contribution in [2.75, 3.05) is 19.6 Å². The monoisotopic (exact) mass is 494 g/mol. The first-order valence-electron chi connectivity index (χ1n) is 11.5. The van der Waals surface area contributed by atoms with Crippen molar-refractivity contribution in [1.29, 1.82) is 0 Å². The quantitative estimate of drug-likeness (QED) is 0.557. The number of carbonyl (C=O) groups excluding carboxylic acids is 3. The molecule has 34 heavy (non-hydrogen) atoms. The van der Waals surface area contributed by atoms with E-state index in [1.807, 2.05) is 42.5 Å². The van der Waals surface area contributed by atoms with Crippen molar-refractivity contribution in [3.63, 3.8) is 0 Å². The van der Waals surface area contributed by atoms with Gasteiger partial charge in [0.15, 0.2) is 0 Å². The van der Waals surface area contributed by atoms with E-state index in [0.29, 0.717) is 24.5 Å². The summed E-state index contributed by atoms with van der Waals surface area (Å²) in [7, 11) is 0. The van der Waals surface area contributed by atoms with Crippen molar-refractivity contribution in [1.82, 2.24) is 20.1 Å². The third-order valence-electron chi connectivity index (χ3n) is 7.28. The Morgan fingerprint density at radius 3 is 2.79 bits per heavy atom. The molecule has 174 valence electrons. The molecule has 3 aromatic rings. The number of fused-ring (bicyclic) bond motifs is 3. The van der Waals surface area contributed by atoms with E-state index >= 15 is 0 Å². The lowest BCUT2D eigenvalue weighted by Gasteiger charge is -2.32. The molecule has 0 bridgehead atoms. The average molecular weight is 495 g/mol. The molecule has 1 N–H and O–H groups in total. The molecular formula is C25H23ClN4O3S. The summed E-state index contributed by atoms with van der Waals surface area (Å²) in [6, 6.07) is 13.0. The molecule has 7 nitrogen and oxygen atoms in total. The third kappa shape index (κ3) is 3.39. The molecule has 1 unspecified atom stereocenters. The van der Waals surface area contributed by atoms with Gasteiger partial charge in [0.1, 0.15) is 12.1 Å². The molecule has 3 heterocycles. The highest BCUT2D eigenvalue weighted by atomic mass is 35.5. The van der Waals surface area contributed by atoms with Crippen LogP contribution in [0, 0.1) is 0 Å². The van der Waals surface area contributed by atoms with Crippen LogP contribution in [0.1, 0.15) is 41.3 Å². The number of nitrogens with zero attached hydrogens (tertiary/aromatic N) is 3. The highest BCUT2D eigenvalue weighted by Crippen LogP contribution is 2.41. The molecule has 1 aromatic heterocycles. The summed E-state index contributed by atoms with van der Waals surface area (Å²) < 4.78 is 1.11. The predicted molar refractivity (Wildman–Crippen MR) is 130 cm³/mol. The van der Waals surface area contributed by atoms with E-state index in [0.717, 1.165) is 50.5 Å². The molecule has 0 saturated carbocycles. The normalized spacial score (nSPS) is 22.6. The topological polar surface area (TPSA) is 82.6 Å².